The molecule has 2 N–H and O–H groups in total. The first-order chi connectivity index (χ1) is 16.9. The second-order valence-corrected chi connectivity index (χ2v) is 8.29. The number of ether oxygens (including phenoxy) is 2. The molecule has 1 aliphatic rings. The lowest BCUT2D eigenvalue weighted by Crippen LogP contribution is -2.28. The SMILES string of the molecule is CC(=O)N1CC[C@@H](Oc2ccc(Oc3ccc(CC(=O)Nc4ccccc4C(=O)O)cc3)cc2)C1. The van der Waals surface area contributed by atoms with E-state index in [9.17, 15) is 19.5 Å². The molecular weight excluding hydrogens is 448 g/mol. The molecule has 35 heavy (non-hydrogen) atoms. The first-order valence-corrected chi connectivity index (χ1v) is 11.3. The minimum atomic E-state index is -1.10. The Hall–Kier alpha value is -4.33. The standard InChI is InChI=1S/C27H26N2O6/c1-18(30)29-15-14-23(17-29)35-22-12-10-21(11-13-22)34-20-8-6-19(7-9-20)16-26(31)28-25-5-3-2-4-24(25)27(32)33/h2-13,23H,14-17H2,1H3,(H,28,31)(H,32,33)/t23-/m1/s1. The molecule has 180 valence electrons. The number of hydrogen-bond acceptors (Lipinski definition) is 5. The number of carboxylic acids is 1. The fraction of sp³-hybridized carbons (Fsp3) is 0.222. The van der Waals surface area contributed by atoms with E-state index in [2.05, 4.69) is 5.32 Å². The van der Waals surface area contributed by atoms with E-state index < -0.39 is 5.97 Å². The number of carboxylic acid groups (broad SMARTS) is 1. The lowest BCUT2D eigenvalue weighted by atomic mass is 10.1. The molecule has 2 amide bonds. The van der Waals surface area contributed by atoms with Crippen LogP contribution in [0.3, 0.4) is 0 Å². The van der Waals surface area contributed by atoms with Crippen LogP contribution in [0.15, 0.2) is 72.8 Å². The Morgan fingerprint density at radius 2 is 1.57 bits per heavy atom. The highest BCUT2D eigenvalue weighted by Crippen LogP contribution is 2.26. The van der Waals surface area contributed by atoms with Crippen molar-refractivity contribution in [2.75, 3.05) is 18.4 Å². The summed E-state index contributed by atoms with van der Waals surface area (Å²) in [6.45, 7) is 2.88. The van der Waals surface area contributed by atoms with Gasteiger partial charge in [-0.05, 0) is 54.1 Å². The van der Waals surface area contributed by atoms with Crippen LogP contribution in [0.4, 0.5) is 5.69 Å². The second kappa shape index (κ2) is 10.7. The highest BCUT2D eigenvalue weighted by Gasteiger charge is 2.25. The summed E-state index contributed by atoms with van der Waals surface area (Å²) in [5.41, 5.74) is 1.08. The largest absolute Gasteiger partial charge is 0.489 e. The molecule has 3 aromatic rings. The number of aromatic carboxylic acids is 1. The van der Waals surface area contributed by atoms with E-state index >= 15 is 0 Å². The van der Waals surface area contributed by atoms with Gasteiger partial charge < -0.3 is 24.8 Å². The van der Waals surface area contributed by atoms with Crippen LogP contribution in [0.1, 0.15) is 29.3 Å². The molecular formula is C27H26N2O6. The number of likely N-dealkylation sites (tertiary alicyclic amines) is 1. The fourth-order valence-electron chi connectivity index (χ4n) is 3.86. The van der Waals surface area contributed by atoms with Crippen LogP contribution in [0.2, 0.25) is 0 Å². The molecule has 8 heteroatoms. The lowest BCUT2D eigenvalue weighted by molar-refractivity contribution is -0.128. The van der Waals surface area contributed by atoms with E-state index in [1.807, 2.05) is 24.3 Å². The highest BCUT2D eigenvalue weighted by atomic mass is 16.5. The number of benzene rings is 3. The zero-order valence-corrected chi connectivity index (χ0v) is 19.3. The van der Waals surface area contributed by atoms with Gasteiger partial charge in [-0.3, -0.25) is 9.59 Å². The van der Waals surface area contributed by atoms with Crippen molar-refractivity contribution < 1.29 is 29.0 Å². The molecule has 0 radical (unpaired) electrons. The number of nitrogens with one attached hydrogen (secondary N) is 1. The van der Waals surface area contributed by atoms with Crippen LogP contribution < -0.4 is 14.8 Å². The molecule has 8 nitrogen and oxygen atoms in total. The Morgan fingerprint density at radius 3 is 2.20 bits per heavy atom. The van der Waals surface area contributed by atoms with E-state index in [0.717, 1.165) is 17.7 Å². The van der Waals surface area contributed by atoms with Gasteiger partial charge in [-0.2, -0.15) is 0 Å². The molecule has 1 atom stereocenters. The summed E-state index contributed by atoms with van der Waals surface area (Å²) < 4.78 is 11.8. The molecule has 1 saturated heterocycles. The van der Waals surface area contributed by atoms with Crippen molar-refractivity contribution in [3.63, 3.8) is 0 Å². The minimum absolute atomic E-state index is 0.00646. The summed E-state index contributed by atoms with van der Waals surface area (Å²) in [7, 11) is 0. The number of para-hydroxylation sites is 1. The van der Waals surface area contributed by atoms with Crippen LogP contribution >= 0.6 is 0 Å². The van der Waals surface area contributed by atoms with Gasteiger partial charge in [0.15, 0.2) is 0 Å². The maximum absolute atomic E-state index is 12.4. The van der Waals surface area contributed by atoms with E-state index in [-0.39, 0.29) is 35.6 Å². The first kappa shape index (κ1) is 23.8. The third-order valence-corrected chi connectivity index (χ3v) is 5.67. The molecule has 1 aliphatic heterocycles. The minimum Gasteiger partial charge on any atom is -0.489 e. The van der Waals surface area contributed by atoms with Gasteiger partial charge in [0.05, 0.1) is 24.2 Å². The molecule has 0 bridgehead atoms. The van der Waals surface area contributed by atoms with Crippen LogP contribution in [-0.2, 0) is 16.0 Å². The number of carbonyl (C=O) groups is 3. The molecule has 1 fully saturated rings. The summed E-state index contributed by atoms with van der Waals surface area (Å²) in [4.78, 5) is 36.9. The van der Waals surface area contributed by atoms with Crippen molar-refractivity contribution in [2.24, 2.45) is 0 Å². The molecule has 4 rings (SSSR count). The third-order valence-electron chi connectivity index (χ3n) is 5.67. The van der Waals surface area contributed by atoms with Crippen molar-refractivity contribution >= 4 is 23.5 Å². The number of nitrogens with zero attached hydrogens (tertiary/aromatic N) is 1. The number of rotatable bonds is 8. The number of carbonyl (C=O) groups excluding carboxylic acids is 2. The van der Waals surface area contributed by atoms with Crippen LogP contribution in [0, 0.1) is 0 Å². The lowest BCUT2D eigenvalue weighted by Gasteiger charge is -2.15. The van der Waals surface area contributed by atoms with Crippen molar-refractivity contribution in [3.05, 3.63) is 83.9 Å². The quantitative estimate of drug-likeness (QED) is 0.503. The number of hydrogen-bond donors (Lipinski definition) is 2. The highest BCUT2D eigenvalue weighted by molar-refractivity contribution is 6.01. The van der Waals surface area contributed by atoms with Gasteiger partial charge in [0, 0.05) is 19.9 Å². The average molecular weight is 475 g/mol. The number of amides is 2. The maximum atomic E-state index is 12.4. The van der Waals surface area contributed by atoms with Gasteiger partial charge in [-0.15, -0.1) is 0 Å². The van der Waals surface area contributed by atoms with E-state index in [1.165, 1.54) is 6.07 Å². The van der Waals surface area contributed by atoms with E-state index in [0.29, 0.717) is 24.6 Å². The summed E-state index contributed by atoms with van der Waals surface area (Å²) in [6.07, 6.45) is 0.907. The molecule has 0 saturated carbocycles. The zero-order chi connectivity index (χ0) is 24.8. The van der Waals surface area contributed by atoms with Crippen LogP contribution in [0.5, 0.6) is 17.2 Å². The van der Waals surface area contributed by atoms with Gasteiger partial charge in [0.2, 0.25) is 11.8 Å². The average Bonchev–Trinajstić information content (AvgIpc) is 3.31. The predicted molar refractivity (Wildman–Crippen MR) is 130 cm³/mol. The van der Waals surface area contributed by atoms with Crippen molar-refractivity contribution in [1.29, 1.82) is 0 Å². The van der Waals surface area contributed by atoms with Crippen LogP contribution in [-0.4, -0.2) is 47.0 Å². The van der Waals surface area contributed by atoms with Gasteiger partial charge in [0.1, 0.15) is 23.4 Å². The zero-order valence-electron chi connectivity index (χ0n) is 19.3. The van der Waals surface area contributed by atoms with Gasteiger partial charge in [-0.1, -0.05) is 24.3 Å². The molecule has 0 aromatic heterocycles. The van der Waals surface area contributed by atoms with Gasteiger partial charge in [-0.25, -0.2) is 4.79 Å². The summed E-state index contributed by atoms with van der Waals surface area (Å²) in [6, 6.07) is 20.7. The van der Waals surface area contributed by atoms with E-state index in [1.54, 1.807) is 54.3 Å². The topological polar surface area (TPSA) is 105 Å². The Kier molecular flexibility index (Phi) is 7.30. The Balaban J connectivity index is 1.29. The number of anilines is 1. The Labute approximate surface area is 203 Å². The smallest absolute Gasteiger partial charge is 0.337 e. The predicted octanol–water partition coefficient (Wildman–Crippen LogP) is 4.36. The van der Waals surface area contributed by atoms with Crippen LogP contribution in [0.25, 0.3) is 0 Å². The van der Waals surface area contributed by atoms with E-state index in [4.69, 9.17) is 9.47 Å². The van der Waals surface area contributed by atoms with Crippen molar-refractivity contribution in [2.45, 2.75) is 25.9 Å². The second-order valence-electron chi connectivity index (χ2n) is 8.29. The van der Waals surface area contributed by atoms with Gasteiger partial charge in [0.25, 0.3) is 0 Å². The van der Waals surface area contributed by atoms with Gasteiger partial charge >= 0.3 is 5.97 Å². The normalized spacial score (nSPS) is 14.9. The molecule has 3 aromatic carbocycles. The fourth-order valence-corrected chi connectivity index (χ4v) is 3.86. The summed E-state index contributed by atoms with van der Waals surface area (Å²) >= 11 is 0. The first-order valence-electron chi connectivity index (χ1n) is 11.3. The van der Waals surface area contributed by atoms with Crippen molar-refractivity contribution in [1.82, 2.24) is 4.90 Å². The molecule has 0 aliphatic carbocycles. The maximum Gasteiger partial charge on any atom is 0.337 e. The van der Waals surface area contributed by atoms with Crippen molar-refractivity contribution in [3.8, 4) is 17.2 Å². The third kappa shape index (κ3) is 6.38. The summed E-state index contributed by atoms with van der Waals surface area (Å²) in [5.74, 6) is 0.641. The molecule has 0 unspecified atom stereocenters. The Morgan fingerprint density at radius 1 is 0.943 bits per heavy atom. The summed E-state index contributed by atoms with van der Waals surface area (Å²) in [5, 5.41) is 11.9. The molecule has 0 spiro atoms. The monoisotopic (exact) mass is 474 g/mol. The molecule has 1 heterocycles. The Bertz CT molecular complexity index is 1210.